The first kappa shape index (κ1) is 23.6. The van der Waals surface area contributed by atoms with Crippen molar-refractivity contribution in [2.45, 2.75) is 12.8 Å². The van der Waals surface area contributed by atoms with E-state index >= 15 is 0 Å². The third-order valence-corrected chi connectivity index (χ3v) is 6.34. The van der Waals surface area contributed by atoms with E-state index in [4.69, 9.17) is 9.84 Å². The number of hydrogen-bond acceptors (Lipinski definition) is 7. The number of amidine groups is 1. The summed E-state index contributed by atoms with van der Waals surface area (Å²) in [6.07, 6.45) is 9.11. The fraction of sp³-hybridized carbons (Fsp3) is 0.207. The number of nitrogens with zero attached hydrogens (tertiary/aromatic N) is 6. The van der Waals surface area contributed by atoms with Gasteiger partial charge in [-0.2, -0.15) is 5.10 Å². The average Bonchev–Trinajstić information content (AvgIpc) is 3.39. The first-order valence-electron chi connectivity index (χ1n) is 12.5. The van der Waals surface area contributed by atoms with E-state index in [0.717, 1.165) is 35.5 Å². The molecule has 5 heterocycles. The van der Waals surface area contributed by atoms with Gasteiger partial charge in [-0.05, 0) is 48.7 Å². The Bertz CT molecular complexity index is 1600. The zero-order valence-corrected chi connectivity index (χ0v) is 20.7. The maximum atomic E-state index is 12.8. The number of anilines is 1. The van der Waals surface area contributed by atoms with Crippen LogP contribution in [-0.2, 0) is 4.74 Å². The lowest BCUT2D eigenvalue weighted by molar-refractivity contribution is 0.0303. The number of allylic oxidation sites excluding steroid dienone is 1. The van der Waals surface area contributed by atoms with Gasteiger partial charge < -0.3 is 15.0 Å². The Hall–Kier alpha value is -4.81. The van der Waals surface area contributed by atoms with E-state index in [1.54, 1.807) is 23.1 Å². The Morgan fingerprint density at radius 1 is 1.00 bits per heavy atom. The molecule has 0 radical (unpaired) electrons. The lowest BCUT2D eigenvalue weighted by atomic mass is 10.1. The SMILES string of the molecule is O=C(c1ccc(-c2ccc3ncc(C#Cc4ccnc(NC5=NC=CCC5)c4)n3n2)cc1)N1CCOCC1. The summed E-state index contributed by atoms with van der Waals surface area (Å²) in [6, 6.07) is 15.1. The van der Waals surface area contributed by atoms with Crippen LogP contribution < -0.4 is 5.32 Å². The van der Waals surface area contributed by atoms with E-state index in [2.05, 4.69) is 32.1 Å². The van der Waals surface area contributed by atoms with Crippen LogP contribution in [0.15, 0.2) is 78.2 Å². The zero-order valence-electron chi connectivity index (χ0n) is 20.7. The van der Waals surface area contributed by atoms with Gasteiger partial charge in [0, 0.05) is 48.6 Å². The van der Waals surface area contributed by atoms with E-state index < -0.39 is 0 Å². The third-order valence-electron chi connectivity index (χ3n) is 6.34. The van der Waals surface area contributed by atoms with E-state index in [-0.39, 0.29) is 5.91 Å². The number of carbonyl (C=O) groups excluding carboxylic acids is 1. The Kier molecular flexibility index (Phi) is 6.62. The van der Waals surface area contributed by atoms with Crippen molar-refractivity contribution >= 4 is 23.2 Å². The number of aromatic nitrogens is 4. The van der Waals surface area contributed by atoms with Crippen molar-refractivity contribution in [3.05, 3.63) is 90.0 Å². The van der Waals surface area contributed by atoms with Gasteiger partial charge in [-0.1, -0.05) is 24.1 Å². The maximum absolute atomic E-state index is 12.8. The molecule has 9 nitrogen and oxygen atoms in total. The van der Waals surface area contributed by atoms with Crippen LogP contribution in [0.3, 0.4) is 0 Å². The van der Waals surface area contributed by atoms with Crippen LogP contribution in [-0.4, -0.2) is 62.5 Å². The molecule has 1 fully saturated rings. The molecule has 0 saturated carbocycles. The molecule has 2 aliphatic rings. The van der Waals surface area contributed by atoms with Crippen molar-refractivity contribution in [3.8, 4) is 23.1 Å². The normalized spacial score (nSPS) is 15.1. The van der Waals surface area contributed by atoms with Crippen LogP contribution in [0.5, 0.6) is 0 Å². The van der Waals surface area contributed by atoms with Crippen LogP contribution in [0.4, 0.5) is 5.82 Å². The molecule has 0 unspecified atom stereocenters. The lowest BCUT2D eigenvalue weighted by Gasteiger charge is -2.26. The Balaban J connectivity index is 1.22. The number of fused-ring (bicyclic) bond motifs is 1. The molecule has 1 amide bonds. The maximum Gasteiger partial charge on any atom is 0.254 e. The van der Waals surface area contributed by atoms with Crippen molar-refractivity contribution in [2.75, 3.05) is 31.6 Å². The zero-order chi connectivity index (χ0) is 25.7. The van der Waals surface area contributed by atoms with Crippen molar-refractivity contribution in [3.63, 3.8) is 0 Å². The van der Waals surface area contributed by atoms with Crippen molar-refractivity contribution in [1.29, 1.82) is 0 Å². The number of benzene rings is 1. The molecule has 38 heavy (non-hydrogen) atoms. The number of ether oxygens (including phenoxy) is 1. The molecule has 0 atom stereocenters. The van der Waals surface area contributed by atoms with Crippen LogP contribution in [0.1, 0.15) is 34.5 Å². The molecule has 4 aromatic rings. The van der Waals surface area contributed by atoms with Gasteiger partial charge in [-0.25, -0.2) is 19.5 Å². The van der Waals surface area contributed by atoms with E-state index in [9.17, 15) is 4.79 Å². The molecule has 3 aromatic heterocycles. The van der Waals surface area contributed by atoms with Crippen LogP contribution in [0.2, 0.25) is 0 Å². The highest BCUT2D eigenvalue weighted by molar-refractivity contribution is 5.96. The minimum Gasteiger partial charge on any atom is -0.378 e. The van der Waals surface area contributed by atoms with Gasteiger partial charge in [0.25, 0.3) is 5.91 Å². The van der Waals surface area contributed by atoms with Gasteiger partial charge in [0.1, 0.15) is 17.3 Å². The summed E-state index contributed by atoms with van der Waals surface area (Å²) in [4.78, 5) is 27.7. The smallest absolute Gasteiger partial charge is 0.254 e. The monoisotopic (exact) mass is 503 g/mol. The molecule has 1 saturated heterocycles. The number of nitrogens with one attached hydrogen (secondary N) is 1. The molecule has 1 aromatic carbocycles. The van der Waals surface area contributed by atoms with Crippen molar-refractivity contribution in [2.24, 2.45) is 4.99 Å². The summed E-state index contributed by atoms with van der Waals surface area (Å²) in [7, 11) is 0. The summed E-state index contributed by atoms with van der Waals surface area (Å²) in [5.74, 6) is 8.00. The quantitative estimate of drug-likeness (QED) is 0.428. The highest BCUT2D eigenvalue weighted by Gasteiger charge is 2.18. The number of aliphatic imine (C=N–C) groups is 1. The van der Waals surface area contributed by atoms with E-state index in [1.807, 2.05) is 59.5 Å². The molecule has 0 spiro atoms. The first-order valence-corrected chi connectivity index (χ1v) is 12.5. The predicted octanol–water partition coefficient (Wildman–Crippen LogP) is 3.78. The molecular formula is C29H25N7O2. The second kappa shape index (κ2) is 10.7. The minimum absolute atomic E-state index is 0.0217. The summed E-state index contributed by atoms with van der Waals surface area (Å²) in [5.41, 5.74) is 4.53. The van der Waals surface area contributed by atoms with Gasteiger partial charge in [0.2, 0.25) is 0 Å². The fourth-order valence-corrected chi connectivity index (χ4v) is 4.30. The highest BCUT2D eigenvalue weighted by atomic mass is 16.5. The number of carbonyl (C=O) groups is 1. The van der Waals surface area contributed by atoms with Gasteiger partial charge in [-0.15, -0.1) is 0 Å². The first-order chi connectivity index (χ1) is 18.7. The molecular weight excluding hydrogens is 478 g/mol. The average molecular weight is 504 g/mol. The fourth-order valence-electron chi connectivity index (χ4n) is 4.30. The molecule has 188 valence electrons. The van der Waals surface area contributed by atoms with Crippen LogP contribution in [0.25, 0.3) is 16.9 Å². The Labute approximate surface area is 219 Å². The minimum atomic E-state index is 0.0217. The second-order valence-corrected chi connectivity index (χ2v) is 8.92. The van der Waals surface area contributed by atoms with Crippen molar-refractivity contribution in [1.82, 2.24) is 24.5 Å². The van der Waals surface area contributed by atoms with E-state index in [1.165, 1.54) is 0 Å². The van der Waals surface area contributed by atoms with Gasteiger partial charge in [0.05, 0.1) is 25.1 Å². The summed E-state index contributed by atoms with van der Waals surface area (Å²) in [6.45, 7) is 2.40. The Morgan fingerprint density at radius 3 is 2.68 bits per heavy atom. The van der Waals surface area contributed by atoms with E-state index in [0.29, 0.717) is 49.0 Å². The van der Waals surface area contributed by atoms with Crippen LogP contribution in [0, 0.1) is 11.8 Å². The summed E-state index contributed by atoms with van der Waals surface area (Å²) >= 11 is 0. The highest BCUT2D eigenvalue weighted by Crippen LogP contribution is 2.20. The summed E-state index contributed by atoms with van der Waals surface area (Å²) in [5, 5.41) is 8.03. The number of hydrogen-bond donors (Lipinski definition) is 1. The van der Waals surface area contributed by atoms with Crippen LogP contribution >= 0.6 is 0 Å². The standard InChI is InChI=1S/C29H25N7O2/c37-29(35-15-17-38-18-16-35)23-7-5-22(6-8-23)25-10-11-28-32-20-24(36(28)34-25)9-4-21-12-14-31-27(19-21)33-26-3-1-2-13-30-26/h2,5-8,10-14,19-20H,1,3,15-18H2,(H,30,31,33). The largest absolute Gasteiger partial charge is 0.378 e. The summed E-state index contributed by atoms with van der Waals surface area (Å²) < 4.78 is 7.08. The Morgan fingerprint density at radius 2 is 1.87 bits per heavy atom. The molecule has 2 aliphatic heterocycles. The number of pyridine rings is 1. The topological polar surface area (TPSA) is 97.0 Å². The lowest BCUT2D eigenvalue weighted by Crippen LogP contribution is -2.40. The molecule has 0 bridgehead atoms. The third kappa shape index (κ3) is 5.16. The molecule has 0 aliphatic carbocycles. The van der Waals surface area contributed by atoms with Gasteiger partial charge >= 0.3 is 0 Å². The van der Waals surface area contributed by atoms with Gasteiger partial charge in [0.15, 0.2) is 5.65 Å². The predicted molar refractivity (Wildman–Crippen MR) is 145 cm³/mol. The number of imidazole rings is 1. The molecule has 1 N–H and O–H groups in total. The number of amides is 1. The van der Waals surface area contributed by atoms with Crippen molar-refractivity contribution < 1.29 is 9.53 Å². The molecule has 6 rings (SSSR count). The van der Waals surface area contributed by atoms with Gasteiger partial charge in [-0.3, -0.25) is 4.79 Å². The number of rotatable bonds is 3. The second-order valence-electron chi connectivity index (χ2n) is 8.92. The molecule has 9 heteroatoms. The number of morpholine rings is 1.